The maximum absolute atomic E-state index is 11.8. The Balaban J connectivity index is 2.24. The number of hydrogen-bond acceptors (Lipinski definition) is 3. The van der Waals surface area contributed by atoms with Gasteiger partial charge >= 0.3 is 5.97 Å². The van der Waals surface area contributed by atoms with Crippen molar-refractivity contribution in [1.29, 1.82) is 0 Å². The van der Waals surface area contributed by atoms with Crippen LogP contribution in [-0.4, -0.2) is 26.0 Å². The summed E-state index contributed by atoms with van der Waals surface area (Å²) < 4.78 is 25.6. The molecule has 0 saturated heterocycles. The van der Waals surface area contributed by atoms with Gasteiger partial charge in [-0.2, -0.15) is 4.72 Å². The van der Waals surface area contributed by atoms with Crippen LogP contribution in [0.3, 0.4) is 0 Å². The number of carboxylic acid groups (broad SMARTS) is 1. The molecule has 6 heteroatoms. The van der Waals surface area contributed by atoms with Crippen LogP contribution < -0.4 is 4.72 Å². The standard InChI is InChI=1S/C11H13NO4S/c13-11(14)7-12-17(15,16)10-5-4-8-2-1-3-9(8)6-10/h4-6,12H,1-3,7H2,(H,13,14). The van der Waals surface area contributed by atoms with E-state index in [2.05, 4.69) is 0 Å². The average molecular weight is 255 g/mol. The molecule has 2 N–H and O–H groups in total. The van der Waals surface area contributed by atoms with Crippen LogP contribution in [0.15, 0.2) is 23.1 Å². The fraction of sp³-hybridized carbons (Fsp3) is 0.364. The van der Waals surface area contributed by atoms with Crippen molar-refractivity contribution in [3.05, 3.63) is 29.3 Å². The van der Waals surface area contributed by atoms with E-state index >= 15 is 0 Å². The van der Waals surface area contributed by atoms with Crippen molar-refractivity contribution in [1.82, 2.24) is 4.72 Å². The van der Waals surface area contributed by atoms with Gasteiger partial charge in [-0.25, -0.2) is 8.42 Å². The van der Waals surface area contributed by atoms with Crippen LogP contribution in [0.5, 0.6) is 0 Å². The second-order valence-electron chi connectivity index (χ2n) is 4.00. The van der Waals surface area contributed by atoms with Gasteiger partial charge in [-0.05, 0) is 42.5 Å². The molecule has 1 aliphatic rings. The van der Waals surface area contributed by atoms with Gasteiger partial charge in [0, 0.05) is 0 Å². The van der Waals surface area contributed by atoms with Crippen LogP contribution in [-0.2, 0) is 27.7 Å². The number of sulfonamides is 1. The molecule has 0 heterocycles. The summed E-state index contributed by atoms with van der Waals surface area (Å²) in [5.41, 5.74) is 2.23. The number of rotatable bonds is 4. The number of nitrogens with one attached hydrogen (secondary N) is 1. The number of carbonyl (C=O) groups is 1. The van der Waals surface area contributed by atoms with E-state index in [1.807, 2.05) is 4.72 Å². The van der Waals surface area contributed by atoms with Gasteiger partial charge in [0.1, 0.15) is 6.54 Å². The predicted octanol–water partition coefficient (Wildman–Crippen LogP) is 0.538. The fourth-order valence-electron chi connectivity index (χ4n) is 1.96. The van der Waals surface area contributed by atoms with E-state index in [-0.39, 0.29) is 4.90 Å². The van der Waals surface area contributed by atoms with E-state index in [0.29, 0.717) is 0 Å². The van der Waals surface area contributed by atoms with Crippen molar-refractivity contribution in [2.24, 2.45) is 0 Å². The van der Waals surface area contributed by atoms with Crippen LogP contribution in [0, 0.1) is 0 Å². The lowest BCUT2D eigenvalue weighted by molar-refractivity contribution is -0.135. The zero-order chi connectivity index (χ0) is 12.5. The van der Waals surface area contributed by atoms with Crippen molar-refractivity contribution in [3.8, 4) is 0 Å². The van der Waals surface area contributed by atoms with Crippen LogP contribution >= 0.6 is 0 Å². The molecule has 0 spiro atoms. The molecule has 92 valence electrons. The van der Waals surface area contributed by atoms with Gasteiger partial charge < -0.3 is 5.11 Å². The molecule has 1 aliphatic carbocycles. The molecule has 17 heavy (non-hydrogen) atoms. The number of carboxylic acids is 1. The normalized spacial score (nSPS) is 14.6. The summed E-state index contributed by atoms with van der Waals surface area (Å²) in [6, 6.07) is 4.96. The van der Waals surface area contributed by atoms with Gasteiger partial charge in [0.15, 0.2) is 0 Å². The summed E-state index contributed by atoms with van der Waals surface area (Å²) in [5.74, 6) is -1.20. The van der Waals surface area contributed by atoms with Gasteiger partial charge in [-0.3, -0.25) is 4.79 Å². The number of aryl methyl sites for hydroxylation is 2. The Kier molecular flexibility index (Phi) is 3.17. The van der Waals surface area contributed by atoms with Gasteiger partial charge in [0.25, 0.3) is 0 Å². The summed E-state index contributed by atoms with van der Waals surface area (Å²) >= 11 is 0. The maximum atomic E-state index is 11.8. The number of hydrogen-bond donors (Lipinski definition) is 2. The smallest absolute Gasteiger partial charge is 0.318 e. The highest BCUT2D eigenvalue weighted by molar-refractivity contribution is 7.89. The summed E-state index contributed by atoms with van der Waals surface area (Å²) in [5, 5.41) is 8.45. The Morgan fingerprint density at radius 2 is 2.00 bits per heavy atom. The summed E-state index contributed by atoms with van der Waals surface area (Å²) in [6.07, 6.45) is 2.91. The highest BCUT2D eigenvalue weighted by atomic mass is 32.2. The first-order valence-corrected chi connectivity index (χ1v) is 6.80. The topological polar surface area (TPSA) is 83.5 Å². The number of fused-ring (bicyclic) bond motifs is 1. The first-order valence-electron chi connectivity index (χ1n) is 5.32. The van der Waals surface area contributed by atoms with E-state index in [1.165, 1.54) is 11.6 Å². The highest BCUT2D eigenvalue weighted by Gasteiger charge is 2.18. The molecular weight excluding hydrogens is 242 g/mol. The first kappa shape index (κ1) is 12.1. The lowest BCUT2D eigenvalue weighted by atomic mass is 10.1. The highest BCUT2D eigenvalue weighted by Crippen LogP contribution is 2.24. The Hall–Kier alpha value is -1.40. The molecule has 2 rings (SSSR count). The molecule has 0 aliphatic heterocycles. The molecule has 0 radical (unpaired) electrons. The van der Waals surface area contributed by atoms with Crippen LogP contribution in [0.2, 0.25) is 0 Å². The maximum Gasteiger partial charge on any atom is 0.318 e. The molecule has 0 saturated carbocycles. The molecule has 0 aromatic heterocycles. The second kappa shape index (κ2) is 4.46. The number of benzene rings is 1. The van der Waals surface area contributed by atoms with Gasteiger partial charge in [-0.1, -0.05) is 6.07 Å². The zero-order valence-corrected chi connectivity index (χ0v) is 9.96. The molecule has 1 aromatic carbocycles. The Morgan fingerprint density at radius 3 is 2.71 bits per heavy atom. The molecule has 0 fully saturated rings. The van der Waals surface area contributed by atoms with Crippen molar-refractivity contribution >= 4 is 16.0 Å². The molecular formula is C11H13NO4S. The third-order valence-electron chi connectivity index (χ3n) is 2.79. The largest absolute Gasteiger partial charge is 0.480 e. The third kappa shape index (κ3) is 2.65. The van der Waals surface area contributed by atoms with E-state index in [0.717, 1.165) is 24.8 Å². The summed E-state index contributed by atoms with van der Waals surface area (Å²) in [4.78, 5) is 10.5. The molecule has 5 nitrogen and oxygen atoms in total. The summed E-state index contributed by atoms with van der Waals surface area (Å²) in [6.45, 7) is -0.598. The summed E-state index contributed by atoms with van der Waals surface area (Å²) in [7, 11) is -3.71. The quantitative estimate of drug-likeness (QED) is 0.822. The monoisotopic (exact) mass is 255 g/mol. The third-order valence-corrected chi connectivity index (χ3v) is 4.19. The van der Waals surface area contributed by atoms with E-state index in [1.54, 1.807) is 12.1 Å². The number of aliphatic carboxylic acids is 1. The average Bonchev–Trinajstić information content (AvgIpc) is 2.73. The lowest BCUT2D eigenvalue weighted by Crippen LogP contribution is -2.29. The van der Waals surface area contributed by atoms with Crippen LogP contribution in [0.1, 0.15) is 17.5 Å². The van der Waals surface area contributed by atoms with Crippen molar-refractivity contribution < 1.29 is 18.3 Å². The van der Waals surface area contributed by atoms with Crippen LogP contribution in [0.4, 0.5) is 0 Å². The minimum Gasteiger partial charge on any atom is -0.480 e. The first-order chi connectivity index (χ1) is 7.99. The van der Waals surface area contributed by atoms with Crippen molar-refractivity contribution in [2.75, 3.05) is 6.54 Å². The van der Waals surface area contributed by atoms with Gasteiger partial charge in [0.05, 0.1) is 4.90 Å². The zero-order valence-electron chi connectivity index (χ0n) is 9.14. The van der Waals surface area contributed by atoms with E-state index < -0.39 is 22.5 Å². The molecule has 0 unspecified atom stereocenters. The predicted molar refractivity (Wildman–Crippen MR) is 61.3 cm³/mol. The van der Waals surface area contributed by atoms with Gasteiger partial charge in [-0.15, -0.1) is 0 Å². The minimum absolute atomic E-state index is 0.138. The second-order valence-corrected chi connectivity index (χ2v) is 5.77. The minimum atomic E-state index is -3.71. The van der Waals surface area contributed by atoms with Crippen molar-refractivity contribution in [2.45, 2.75) is 24.2 Å². The molecule has 1 aromatic rings. The SMILES string of the molecule is O=C(O)CNS(=O)(=O)c1ccc2c(c1)CCC2. The van der Waals surface area contributed by atoms with Gasteiger partial charge in [0.2, 0.25) is 10.0 Å². The molecule has 0 amide bonds. The van der Waals surface area contributed by atoms with E-state index in [4.69, 9.17) is 5.11 Å². The Morgan fingerprint density at radius 1 is 1.29 bits per heavy atom. The fourth-order valence-corrected chi connectivity index (χ4v) is 2.98. The van der Waals surface area contributed by atoms with Crippen LogP contribution in [0.25, 0.3) is 0 Å². The molecule has 0 atom stereocenters. The van der Waals surface area contributed by atoms with E-state index in [9.17, 15) is 13.2 Å². The Bertz CT molecular complexity index is 551. The lowest BCUT2D eigenvalue weighted by Gasteiger charge is -2.06. The molecule has 0 bridgehead atoms. The van der Waals surface area contributed by atoms with Crippen molar-refractivity contribution in [3.63, 3.8) is 0 Å². The Labute approximate surface area is 99.5 Å².